The summed E-state index contributed by atoms with van der Waals surface area (Å²) in [5, 5.41) is 8.92. The van der Waals surface area contributed by atoms with Gasteiger partial charge in [0.25, 0.3) is 0 Å². The number of hydrogen-bond donors (Lipinski definition) is 4. The molecule has 0 bridgehead atoms. The fourth-order valence-electron chi connectivity index (χ4n) is 5.36. The molecule has 1 aromatic carbocycles. The van der Waals surface area contributed by atoms with E-state index in [1.807, 2.05) is 37.3 Å². The standard InChI is InChI=1S/C27H40N4O4/c1-2-21(29-23(32)16-15-19-11-5-3-6-12-19)25(34)31-27(17-9-4-10-18-27)26(35)30-22-14-8-7-13-20(22)24(28)33/h3,5-6,11-12,20-22H,2,4,7-10,13-18H2,1H3,(H2,28,33)(H,29,32)(H,30,35)(H,31,34). The van der Waals surface area contributed by atoms with E-state index in [2.05, 4.69) is 16.0 Å². The first kappa shape index (κ1) is 26.7. The summed E-state index contributed by atoms with van der Waals surface area (Å²) in [5.74, 6) is -1.54. The zero-order valence-corrected chi connectivity index (χ0v) is 20.8. The van der Waals surface area contributed by atoms with E-state index in [0.29, 0.717) is 38.5 Å². The predicted octanol–water partition coefficient (Wildman–Crippen LogP) is 2.49. The van der Waals surface area contributed by atoms with Crippen LogP contribution in [0.15, 0.2) is 30.3 Å². The molecule has 4 amide bonds. The predicted molar refractivity (Wildman–Crippen MR) is 134 cm³/mol. The van der Waals surface area contributed by atoms with E-state index in [-0.39, 0.29) is 42.0 Å². The van der Waals surface area contributed by atoms with Gasteiger partial charge < -0.3 is 21.7 Å². The van der Waals surface area contributed by atoms with Gasteiger partial charge in [-0.25, -0.2) is 0 Å². The van der Waals surface area contributed by atoms with Gasteiger partial charge in [-0.15, -0.1) is 0 Å². The van der Waals surface area contributed by atoms with Crippen molar-refractivity contribution in [3.63, 3.8) is 0 Å². The number of amides is 4. The highest BCUT2D eigenvalue weighted by atomic mass is 16.2. The molecule has 8 heteroatoms. The Balaban J connectivity index is 1.63. The fraction of sp³-hybridized carbons (Fsp3) is 0.630. The van der Waals surface area contributed by atoms with Gasteiger partial charge >= 0.3 is 0 Å². The molecule has 35 heavy (non-hydrogen) atoms. The summed E-state index contributed by atoms with van der Waals surface area (Å²) in [6.45, 7) is 1.84. The number of aryl methyl sites for hydroxylation is 1. The Morgan fingerprint density at radius 3 is 2.34 bits per heavy atom. The van der Waals surface area contributed by atoms with Crippen LogP contribution in [0, 0.1) is 5.92 Å². The number of hydrogen-bond acceptors (Lipinski definition) is 4. The van der Waals surface area contributed by atoms with Crippen molar-refractivity contribution in [1.29, 1.82) is 0 Å². The zero-order valence-electron chi connectivity index (χ0n) is 20.8. The lowest BCUT2D eigenvalue weighted by atomic mass is 9.79. The van der Waals surface area contributed by atoms with Crippen molar-refractivity contribution < 1.29 is 19.2 Å². The minimum atomic E-state index is -1.03. The molecule has 0 heterocycles. The van der Waals surface area contributed by atoms with Crippen molar-refractivity contribution >= 4 is 23.6 Å². The maximum absolute atomic E-state index is 13.5. The second kappa shape index (κ2) is 12.7. The minimum absolute atomic E-state index is 0.190. The molecule has 3 atom stereocenters. The van der Waals surface area contributed by atoms with Crippen molar-refractivity contribution in [2.75, 3.05) is 0 Å². The second-order valence-electron chi connectivity index (χ2n) is 10.0. The van der Waals surface area contributed by atoms with Gasteiger partial charge in [-0.3, -0.25) is 19.2 Å². The van der Waals surface area contributed by atoms with Crippen molar-refractivity contribution in [2.24, 2.45) is 11.7 Å². The van der Waals surface area contributed by atoms with E-state index in [1.165, 1.54) is 0 Å². The van der Waals surface area contributed by atoms with Crippen LogP contribution >= 0.6 is 0 Å². The van der Waals surface area contributed by atoms with Gasteiger partial charge in [-0.1, -0.05) is 69.4 Å². The van der Waals surface area contributed by atoms with Gasteiger partial charge in [0.05, 0.1) is 5.92 Å². The molecule has 192 valence electrons. The van der Waals surface area contributed by atoms with E-state index in [9.17, 15) is 19.2 Å². The number of primary amides is 1. The Bertz CT molecular complexity index is 882. The number of nitrogens with two attached hydrogens (primary N) is 1. The molecule has 8 nitrogen and oxygen atoms in total. The Hall–Kier alpha value is -2.90. The van der Waals surface area contributed by atoms with E-state index < -0.39 is 11.6 Å². The maximum Gasteiger partial charge on any atom is 0.245 e. The van der Waals surface area contributed by atoms with Crippen molar-refractivity contribution in [3.8, 4) is 0 Å². The van der Waals surface area contributed by atoms with Gasteiger partial charge in [0.1, 0.15) is 11.6 Å². The number of carbonyl (C=O) groups excluding carboxylic acids is 4. The van der Waals surface area contributed by atoms with Gasteiger partial charge in [0.2, 0.25) is 23.6 Å². The Morgan fingerprint density at radius 1 is 1.00 bits per heavy atom. The number of carbonyl (C=O) groups is 4. The van der Waals surface area contributed by atoms with E-state index in [1.54, 1.807) is 0 Å². The summed E-state index contributed by atoms with van der Waals surface area (Å²) in [6, 6.07) is 8.73. The summed E-state index contributed by atoms with van der Waals surface area (Å²) >= 11 is 0. The third-order valence-corrected chi connectivity index (χ3v) is 7.50. The first-order valence-electron chi connectivity index (χ1n) is 13.1. The Morgan fingerprint density at radius 2 is 1.69 bits per heavy atom. The van der Waals surface area contributed by atoms with Gasteiger partial charge in [-0.2, -0.15) is 0 Å². The topological polar surface area (TPSA) is 130 Å². The molecule has 1 aromatic rings. The molecule has 2 fully saturated rings. The molecule has 5 N–H and O–H groups in total. The average molecular weight is 485 g/mol. The van der Waals surface area contributed by atoms with Crippen LogP contribution in [0.5, 0.6) is 0 Å². The highest BCUT2D eigenvalue weighted by Gasteiger charge is 2.44. The van der Waals surface area contributed by atoms with Gasteiger partial charge in [0, 0.05) is 12.5 Å². The Labute approximate surface area is 208 Å². The molecule has 2 aliphatic carbocycles. The molecule has 0 saturated heterocycles. The van der Waals surface area contributed by atoms with Crippen LogP contribution in [-0.2, 0) is 25.6 Å². The number of nitrogens with one attached hydrogen (secondary N) is 3. The van der Waals surface area contributed by atoms with E-state index in [0.717, 1.165) is 37.7 Å². The lowest BCUT2D eigenvalue weighted by molar-refractivity contribution is -0.138. The minimum Gasteiger partial charge on any atom is -0.369 e. The summed E-state index contributed by atoms with van der Waals surface area (Å²) < 4.78 is 0. The summed E-state index contributed by atoms with van der Waals surface area (Å²) in [7, 11) is 0. The van der Waals surface area contributed by atoms with Crippen molar-refractivity contribution in [2.45, 2.75) is 102 Å². The number of rotatable bonds is 10. The molecule has 0 aromatic heterocycles. The van der Waals surface area contributed by atoms with E-state index >= 15 is 0 Å². The summed E-state index contributed by atoms with van der Waals surface area (Å²) in [5.41, 5.74) is 5.63. The fourth-order valence-corrected chi connectivity index (χ4v) is 5.36. The quantitative estimate of drug-likeness (QED) is 0.406. The van der Waals surface area contributed by atoms with Crippen LogP contribution in [0.4, 0.5) is 0 Å². The average Bonchev–Trinajstić information content (AvgIpc) is 2.87. The molecule has 0 spiro atoms. The molecule has 0 aliphatic heterocycles. The first-order valence-corrected chi connectivity index (χ1v) is 13.1. The molecular weight excluding hydrogens is 444 g/mol. The molecule has 3 rings (SSSR count). The van der Waals surface area contributed by atoms with Gasteiger partial charge in [0.15, 0.2) is 0 Å². The summed E-state index contributed by atoms with van der Waals surface area (Å²) in [4.78, 5) is 51.2. The van der Waals surface area contributed by atoms with Crippen LogP contribution in [-0.4, -0.2) is 41.3 Å². The van der Waals surface area contributed by atoms with E-state index in [4.69, 9.17) is 5.73 Å². The van der Waals surface area contributed by atoms with Crippen LogP contribution < -0.4 is 21.7 Å². The smallest absolute Gasteiger partial charge is 0.245 e. The van der Waals surface area contributed by atoms with Crippen LogP contribution in [0.3, 0.4) is 0 Å². The molecule has 2 aliphatic rings. The summed E-state index contributed by atoms with van der Waals surface area (Å²) in [6.07, 6.45) is 8.28. The van der Waals surface area contributed by atoms with Crippen LogP contribution in [0.25, 0.3) is 0 Å². The lowest BCUT2D eigenvalue weighted by Gasteiger charge is -2.40. The van der Waals surface area contributed by atoms with Crippen LogP contribution in [0.1, 0.15) is 83.1 Å². The Kier molecular flexibility index (Phi) is 9.69. The highest BCUT2D eigenvalue weighted by molar-refractivity contribution is 5.95. The lowest BCUT2D eigenvalue weighted by Crippen LogP contribution is -2.64. The zero-order chi connectivity index (χ0) is 25.3. The van der Waals surface area contributed by atoms with Gasteiger partial charge in [-0.05, 0) is 44.1 Å². The third kappa shape index (κ3) is 7.29. The molecule has 2 saturated carbocycles. The number of benzene rings is 1. The molecule has 0 radical (unpaired) electrons. The second-order valence-corrected chi connectivity index (χ2v) is 10.0. The normalized spacial score (nSPS) is 22.4. The SMILES string of the molecule is CCC(NC(=O)CCc1ccccc1)C(=O)NC1(C(=O)NC2CCCCC2C(N)=O)CCCCC1. The van der Waals surface area contributed by atoms with Crippen molar-refractivity contribution in [1.82, 2.24) is 16.0 Å². The molecular formula is C27H40N4O4. The maximum atomic E-state index is 13.5. The molecule has 3 unspecified atom stereocenters. The largest absolute Gasteiger partial charge is 0.369 e. The monoisotopic (exact) mass is 484 g/mol. The first-order chi connectivity index (χ1) is 16.8. The highest BCUT2D eigenvalue weighted by Crippen LogP contribution is 2.31. The van der Waals surface area contributed by atoms with Crippen LogP contribution in [0.2, 0.25) is 0 Å². The van der Waals surface area contributed by atoms with Crippen molar-refractivity contribution in [3.05, 3.63) is 35.9 Å². The third-order valence-electron chi connectivity index (χ3n) is 7.50.